The van der Waals surface area contributed by atoms with E-state index in [1.807, 2.05) is 0 Å². The van der Waals surface area contributed by atoms with Gasteiger partial charge in [-0.2, -0.15) is 0 Å². The number of halogens is 1. The van der Waals surface area contributed by atoms with Crippen LogP contribution in [0.5, 0.6) is 0 Å². The maximum atomic E-state index is 11.2. The summed E-state index contributed by atoms with van der Waals surface area (Å²) in [7, 11) is -0.419. The molecule has 0 saturated heterocycles. The minimum Gasteiger partial charge on any atom is -0.309 e. The summed E-state index contributed by atoms with van der Waals surface area (Å²) < 4.78 is 20.3. The van der Waals surface area contributed by atoms with Crippen molar-refractivity contribution in [3.8, 4) is 0 Å². The molecule has 0 aliphatic carbocycles. The van der Waals surface area contributed by atoms with E-state index in [0.29, 0.717) is 5.03 Å². The zero-order valence-electron chi connectivity index (χ0n) is 6.13. The highest BCUT2D eigenvalue weighted by atomic mass is 35.5. The van der Waals surface area contributed by atoms with Crippen LogP contribution in [0.1, 0.15) is 6.92 Å². The molecule has 0 unspecified atom stereocenters. The molecule has 0 bridgehead atoms. The fourth-order valence-electron chi connectivity index (χ4n) is 0.398. The summed E-state index contributed by atoms with van der Waals surface area (Å²) in [6.45, 7) is 1.60. The Morgan fingerprint density at radius 2 is 1.90 bits per heavy atom. The third kappa shape index (κ3) is 3.37. The van der Waals surface area contributed by atoms with E-state index in [1.165, 1.54) is 20.0 Å². The first kappa shape index (κ1) is 10.2. The highest BCUT2D eigenvalue weighted by Crippen LogP contribution is 2.49. The molecular formula is C5H10ClO3P. The average Bonchev–Trinajstić information content (AvgIpc) is 1.87. The molecule has 0 radical (unpaired) electrons. The summed E-state index contributed by atoms with van der Waals surface area (Å²) in [5.41, 5.74) is 0. The fourth-order valence-corrected chi connectivity index (χ4v) is 1.55. The van der Waals surface area contributed by atoms with Gasteiger partial charge < -0.3 is 9.05 Å². The van der Waals surface area contributed by atoms with Crippen molar-refractivity contribution < 1.29 is 13.6 Å². The molecule has 0 aromatic heterocycles. The number of hydrogen-bond acceptors (Lipinski definition) is 3. The van der Waals surface area contributed by atoms with Gasteiger partial charge in [-0.05, 0) is 6.92 Å². The predicted molar refractivity (Wildman–Crippen MR) is 41.2 cm³/mol. The number of hydrogen-bond donors (Lipinski definition) is 0. The van der Waals surface area contributed by atoms with Crippen LogP contribution in [-0.4, -0.2) is 14.2 Å². The van der Waals surface area contributed by atoms with Crippen LogP contribution in [0.3, 0.4) is 0 Å². The van der Waals surface area contributed by atoms with Crippen LogP contribution in [-0.2, 0) is 13.6 Å². The van der Waals surface area contributed by atoms with E-state index >= 15 is 0 Å². The van der Waals surface area contributed by atoms with Crippen molar-refractivity contribution in [3.63, 3.8) is 0 Å². The standard InChI is InChI=1S/C5H10ClO3P/c1-5(6)4-10(7,8-2)9-3/h4H,1-3H3/b5-4-. The highest BCUT2D eigenvalue weighted by molar-refractivity contribution is 7.57. The molecule has 0 amide bonds. The summed E-state index contributed by atoms with van der Waals surface area (Å²) in [4.78, 5) is 0. The largest absolute Gasteiger partial charge is 0.354 e. The molecule has 5 heteroatoms. The molecule has 0 spiro atoms. The first-order valence-electron chi connectivity index (χ1n) is 2.60. The smallest absolute Gasteiger partial charge is 0.309 e. The molecule has 0 rings (SSSR count). The molecule has 0 saturated carbocycles. The Balaban J connectivity index is 4.37. The molecule has 0 fully saturated rings. The lowest BCUT2D eigenvalue weighted by Gasteiger charge is -2.07. The monoisotopic (exact) mass is 184 g/mol. The van der Waals surface area contributed by atoms with Gasteiger partial charge in [-0.3, -0.25) is 4.57 Å². The Hall–Kier alpha value is 0.180. The maximum Gasteiger partial charge on any atom is 0.354 e. The van der Waals surface area contributed by atoms with E-state index in [-0.39, 0.29) is 0 Å². The summed E-state index contributed by atoms with van der Waals surface area (Å²) in [5, 5.41) is 0.395. The van der Waals surface area contributed by atoms with Gasteiger partial charge in [-0.15, -0.1) is 0 Å². The Labute approximate surface area is 65.5 Å². The zero-order chi connectivity index (χ0) is 8.20. The quantitative estimate of drug-likeness (QED) is 0.633. The van der Waals surface area contributed by atoms with E-state index in [1.54, 1.807) is 6.92 Å². The van der Waals surface area contributed by atoms with Crippen molar-refractivity contribution in [1.29, 1.82) is 0 Å². The van der Waals surface area contributed by atoms with Gasteiger partial charge in [0.25, 0.3) is 0 Å². The third-order valence-electron chi connectivity index (χ3n) is 0.845. The van der Waals surface area contributed by atoms with E-state index in [0.717, 1.165) is 0 Å². The van der Waals surface area contributed by atoms with Gasteiger partial charge in [-0.1, -0.05) is 11.6 Å². The van der Waals surface area contributed by atoms with Crippen molar-refractivity contribution in [3.05, 3.63) is 10.8 Å². The molecule has 0 aliphatic rings. The van der Waals surface area contributed by atoms with Crippen LogP contribution >= 0.6 is 19.2 Å². The number of rotatable bonds is 3. The minimum absolute atomic E-state index is 0.395. The topological polar surface area (TPSA) is 35.5 Å². The van der Waals surface area contributed by atoms with E-state index in [2.05, 4.69) is 9.05 Å². The SMILES string of the molecule is COP(=O)(/C=C(/C)Cl)OC. The third-order valence-corrected chi connectivity index (χ3v) is 2.83. The minimum atomic E-state index is -3.03. The van der Waals surface area contributed by atoms with Crippen LogP contribution in [0.2, 0.25) is 0 Å². The molecule has 0 aromatic rings. The lowest BCUT2D eigenvalue weighted by Crippen LogP contribution is -1.83. The number of allylic oxidation sites excluding steroid dienone is 1. The molecule has 0 aromatic carbocycles. The molecule has 0 aliphatic heterocycles. The summed E-state index contributed by atoms with van der Waals surface area (Å²) in [6.07, 6.45) is 0. The second-order valence-electron chi connectivity index (χ2n) is 1.62. The van der Waals surface area contributed by atoms with Gasteiger partial charge in [0.15, 0.2) is 0 Å². The zero-order valence-corrected chi connectivity index (χ0v) is 7.78. The molecular weight excluding hydrogens is 174 g/mol. The second-order valence-corrected chi connectivity index (χ2v) is 4.29. The first-order valence-corrected chi connectivity index (χ1v) is 4.59. The summed E-state index contributed by atoms with van der Waals surface area (Å²) in [6, 6.07) is 0. The molecule has 60 valence electrons. The van der Waals surface area contributed by atoms with E-state index in [4.69, 9.17) is 11.6 Å². The van der Waals surface area contributed by atoms with Crippen LogP contribution < -0.4 is 0 Å². The predicted octanol–water partition coefficient (Wildman–Crippen LogP) is 2.57. The van der Waals surface area contributed by atoms with E-state index < -0.39 is 7.60 Å². The Kier molecular flexibility index (Phi) is 4.22. The Morgan fingerprint density at radius 3 is 2.00 bits per heavy atom. The van der Waals surface area contributed by atoms with Crippen molar-refractivity contribution >= 4 is 19.2 Å². The van der Waals surface area contributed by atoms with Gasteiger partial charge in [0, 0.05) is 25.1 Å². The van der Waals surface area contributed by atoms with Gasteiger partial charge in [0.2, 0.25) is 0 Å². The molecule has 3 nitrogen and oxygen atoms in total. The Bertz CT molecular complexity index is 166. The molecule has 0 heterocycles. The van der Waals surface area contributed by atoms with Gasteiger partial charge in [-0.25, -0.2) is 0 Å². The van der Waals surface area contributed by atoms with Gasteiger partial charge in [0.05, 0.1) is 0 Å². The lowest BCUT2D eigenvalue weighted by molar-refractivity contribution is 0.286. The van der Waals surface area contributed by atoms with Crippen LogP contribution in [0, 0.1) is 0 Å². The average molecular weight is 185 g/mol. The first-order chi connectivity index (χ1) is 4.54. The van der Waals surface area contributed by atoms with Crippen LogP contribution in [0.15, 0.2) is 10.8 Å². The maximum absolute atomic E-state index is 11.2. The molecule has 10 heavy (non-hydrogen) atoms. The van der Waals surface area contributed by atoms with Gasteiger partial charge >= 0.3 is 7.60 Å². The summed E-state index contributed by atoms with van der Waals surface area (Å²) in [5.74, 6) is 1.26. The normalized spacial score (nSPS) is 13.8. The van der Waals surface area contributed by atoms with Crippen molar-refractivity contribution in [1.82, 2.24) is 0 Å². The van der Waals surface area contributed by atoms with Crippen molar-refractivity contribution in [2.45, 2.75) is 6.92 Å². The summed E-state index contributed by atoms with van der Waals surface area (Å²) >= 11 is 5.45. The van der Waals surface area contributed by atoms with Crippen LogP contribution in [0.4, 0.5) is 0 Å². The van der Waals surface area contributed by atoms with Crippen LogP contribution in [0.25, 0.3) is 0 Å². The van der Waals surface area contributed by atoms with E-state index in [9.17, 15) is 4.57 Å². The highest BCUT2D eigenvalue weighted by Gasteiger charge is 2.16. The molecule has 0 N–H and O–H groups in total. The lowest BCUT2D eigenvalue weighted by atomic mass is 10.8. The fraction of sp³-hybridized carbons (Fsp3) is 0.600. The molecule has 0 atom stereocenters. The second kappa shape index (κ2) is 4.14. The van der Waals surface area contributed by atoms with Crippen molar-refractivity contribution in [2.24, 2.45) is 0 Å². The van der Waals surface area contributed by atoms with Gasteiger partial charge in [0.1, 0.15) is 0 Å². The van der Waals surface area contributed by atoms with Crippen molar-refractivity contribution in [2.75, 3.05) is 14.2 Å². The Morgan fingerprint density at radius 1 is 1.50 bits per heavy atom.